The number of nitrogens with zero attached hydrogens (tertiary/aromatic N) is 1. The molecule has 6 nitrogen and oxygen atoms in total. The number of aromatic nitrogens is 1. The standard InChI is InChI=1S/C11H16N4O2/c1-7(2)14-11-8(4-12)3-10(13-6-17)15-9(11)5-16/h3-4,6-7,12,14,16H,5H2,1-2H3,(H,13,15,17). The van der Waals surface area contributed by atoms with E-state index in [-0.39, 0.29) is 12.6 Å². The molecule has 0 aliphatic carbocycles. The van der Waals surface area contributed by atoms with Crippen molar-refractivity contribution in [3.05, 3.63) is 17.3 Å². The van der Waals surface area contributed by atoms with Gasteiger partial charge in [0.05, 0.1) is 18.0 Å². The maximum Gasteiger partial charge on any atom is 0.212 e. The lowest BCUT2D eigenvalue weighted by Gasteiger charge is -2.16. The normalized spacial score (nSPS) is 10.1. The number of hydrogen-bond donors (Lipinski definition) is 4. The third-order valence-corrected chi connectivity index (χ3v) is 2.07. The van der Waals surface area contributed by atoms with Gasteiger partial charge < -0.3 is 21.1 Å². The number of aliphatic hydroxyl groups excluding tert-OH is 1. The highest BCUT2D eigenvalue weighted by Gasteiger charge is 2.11. The number of rotatable bonds is 6. The van der Waals surface area contributed by atoms with Gasteiger partial charge in [-0.1, -0.05) is 0 Å². The number of amides is 1. The summed E-state index contributed by atoms with van der Waals surface area (Å²) in [6, 6.07) is 1.73. The fraction of sp³-hybridized carbons (Fsp3) is 0.364. The lowest BCUT2D eigenvalue weighted by Crippen LogP contribution is -2.15. The van der Waals surface area contributed by atoms with Crippen molar-refractivity contribution in [1.82, 2.24) is 4.98 Å². The van der Waals surface area contributed by atoms with Gasteiger partial charge in [0.15, 0.2) is 0 Å². The summed E-state index contributed by atoms with van der Waals surface area (Å²) in [7, 11) is 0. The molecule has 0 fully saturated rings. The van der Waals surface area contributed by atoms with Crippen LogP contribution < -0.4 is 10.6 Å². The van der Waals surface area contributed by atoms with Crippen molar-refractivity contribution in [2.45, 2.75) is 26.5 Å². The molecule has 0 atom stereocenters. The predicted octanol–water partition coefficient (Wildman–Crippen LogP) is 0.960. The molecule has 0 aliphatic rings. The largest absolute Gasteiger partial charge is 0.390 e. The summed E-state index contributed by atoms with van der Waals surface area (Å²) in [4.78, 5) is 14.4. The van der Waals surface area contributed by atoms with Crippen LogP contribution in [0.15, 0.2) is 6.07 Å². The molecule has 0 aliphatic heterocycles. The summed E-state index contributed by atoms with van der Waals surface area (Å²) in [6.07, 6.45) is 1.66. The van der Waals surface area contributed by atoms with Gasteiger partial charge in [-0.05, 0) is 19.9 Å². The molecule has 1 aromatic rings. The Morgan fingerprint density at radius 2 is 2.29 bits per heavy atom. The summed E-state index contributed by atoms with van der Waals surface area (Å²) in [5.41, 5.74) is 1.60. The van der Waals surface area contributed by atoms with Gasteiger partial charge in [-0.25, -0.2) is 4.98 Å². The Hall–Kier alpha value is -1.95. The number of carbonyl (C=O) groups is 1. The molecule has 1 amide bonds. The summed E-state index contributed by atoms with van der Waals surface area (Å²) < 4.78 is 0. The molecule has 0 radical (unpaired) electrons. The number of carbonyl (C=O) groups excluding carboxylic acids is 1. The predicted molar refractivity (Wildman–Crippen MR) is 66.5 cm³/mol. The molecule has 1 heterocycles. The first-order valence-electron chi connectivity index (χ1n) is 5.24. The van der Waals surface area contributed by atoms with E-state index < -0.39 is 0 Å². The van der Waals surface area contributed by atoms with Crippen LogP contribution in [0.25, 0.3) is 0 Å². The average molecular weight is 236 g/mol. The molecular weight excluding hydrogens is 220 g/mol. The van der Waals surface area contributed by atoms with E-state index in [1.54, 1.807) is 6.07 Å². The Labute approximate surface area is 99.6 Å². The first kappa shape index (κ1) is 13.1. The molecule has 6 heteroatoms. The first-order valence-corrected chi connectivity index (χ1v) is 5.24. The molecule has 92 valence electrons. The summed E-state index contributed by atoms with van der Waals surface area (Å²) in [5.74, 6) is 0.317. The van der Waals surface area contributed by atoms with E-state index in [1.165, 1.54) is 0 Å². The smallest absolute Gasteiger partial charge is 0.212 e. The van der Waals surface area contributed by atoms with Crippen molar-refractivity contribution in [2.75, 3.05) is 10.6 Å². The summed E-state index contributed by atoms with van der Waals surface area (Å²) >= 11 is 0. The molecule has 0 saturated carbocycles. The van der Waals surface area contributed by atoms with Gasteiger partial charge in [-0.15, -0.1) is 0 Å². The van der Waals surface area contributed by atoms with Gasteiger partial charge >= 0.3 is 0 Å². The fourth-order valence-electron chi connectivity index (χ4n) is 1.44. The van der Waals surface area contributed by atoms with E-state index in [9.17, 15) is 9.90 Å². The van der Waals surface area contributed by atoms with Gasteiger partial charge in [-0.3, -0.25) is 4.79 Å². The first-order chi connectivity index (χ1) is 8.12. The maximum absolute atomic E-state index is 10.3. The number of anilines is 2. The Kier molecular flexibility index (Phi) is 4.59. The third-order valence-electron chi connectivity index (χ3n) is 2.07. The van der Waals surface area contributed by atoms with Crippen molar-refractivity contribution in [1.29, 1.82) is 5.41 Å². The van der Waals surface area contributed by atoms with Crippen LogP contribution >= 0.6 is 0 Å². The van der Waals surface area contributed by atoms with E-state index in [0.29, 0.717) is 29.2 Å². The van der Waals surface area contributed by atoms with Crippen LogP contribution in [0.5, 0.6) is 0 Å². The molecule has 1 aromatic heterocycles. The summed E-state index contributed by atoms with van der Waals surface area (Å²) in [5, 5.41) is 22.1. The van der Waals surface area contributed by atoms with Crippen LogP contribution in [-0.4, -0.2) is 28.8 Å². The second-order valence-electron chi connectivity index (χ2n) is 3.78. The molecular formula is C11H16N4O2. The zero-order valence-corrected chi connectivity index (χ0v) is 9.82. The van der Waals surface area contributed by atoms with Gasteiger partial charge in [0.25, 0.3) is 0 Å². The van der Waals surface area contributed by atoms with E-state index >= 15 is 0 Å². The Morgan fingerprint density at radius 1 is 1.59 bits per heavy atom. The molecule has 0 bridgehead atoms. The topological polar surface area (TPSA) is 98.1 Å². The van der Waals surface area contributed by atoms with Crippen molar-refractivity contribution >= 4 is 24.1 Å². The Bertz CT molecular complexity index is 418. The minimum absolute atomic E-state index is 0.158. The lowest BCUT2D eigenvalue weighted by molar-refractivity contribution is -0.105. The zero-order valence-electron chi connectivity index (χ0n) is 9.82. The van der Waals surface area contributed by atoms with Crippen LogP contribution in [0.1, 0.15) is 25.1 Å². The number of hydrogen-bond acceptors (Lipinski definition) is 5. The van der Waals surface area contributed by atoms with Crippen LogP contribution in [0.3, 0.4) is 0 Å². The molecule has 0 unspecified atom stereocenters. The van der Waals surface area contributed by atoms with Crippen LogP contribution in [0.2, 0.25) is 0 Å². The van der Waals surface area contributed by atoms with Crippen LogP contribution in [-0.2, 0) is 11.4 Å². The van der Waals surface area contributed by atoms with E-state index in [4.69, 9.17) is 5.41 Å². The SMILES string of the molecule is CC(C)Nc1c(C=N)cc(NC=O)nc1CO. The molecule has 0 saturated heterocycles. The van der Waals surface area contributed by atoms with Crippen molar-refractivity contribution in [3.63, 3.8) is 0 Å². The highest BCUT2D eigenvalue weighted by molar-refractivity contribution is 5.89. The number of pyridine rings is 1. The third kappa shape index (κ3) is 3.25. The van der Waals surface area contributed by atoms with E-state index in [1.807, 2.05) is 13.8 Å². The molecule has 17 heavy (non-hydrogen) atoms. The molecule has 0 aromatic carbocycles. The lowest BCUT2D eigenvalue weighted by atomic mass is 10.1. The Balaban J connectivity index is 3.25. The van der Waals surface area contributed by atoms with Gasteiger partial charge in [-0.2, -0.15) is 0 Å². The van der Waals surface area contributed by atoms with Crippen molar-refractivity contribution in [2.24, 2.45) is 0 Å². The van der Waals surface area contributed by atoms with Gasteiger partial charge in [0.1, 0.15) is 5.82 Å². The zero-order chi connectivity index (χ0) is 12.8. The highest BCUT2D eigenvalue weighted by Crippen LogP contribution is 2.22. The molecule has 1 rings (SSSR count). The second-order valence-corrected chi connectivity index (χ2v) is 3.78. The fourth-order valence-corrected chi connectivity index (χ4v) is 1.44. The quantitative estimate of drug-likeness (QED) is 0.437. The maximum atomic E-state index is 10.3. The van der Waals surface area contributed by atoms with Crippen LogP contribution in [0.4, 0.5) is 11.5 Å². The summed E-state index contributed by atoms with van der Waals surface area (Å²) in [6.45, 7) is 3.64. The Morgan fingerprint density at radius 3 is 2.76 bits per heavy atom. The minimum atomic E-state index is -0.260. The van der Waals surface area contributed by atoms with Crippen LogP contribution in [0, 0.1) is 5.41 Å². The molecule has 0 spiro atoms. The van der Waals surface area contributed by atoms with E-state index in [2.05, 4.69) is 15.6 Å². The van der Waals surface area contributed by atoms with Gasteiger partial charge in [0.2, 0.25) is 6.41 Å². The van der Waals surface area contributed by atoms with Crippen molar-refractivity contribution in [3.8, 4) is 0 Å². The number of aliphatic hydroxyl groups is 1. The van der Waals surface area contributed by atoms with E-state index in [0.717, 1.165) is 6.21 Å². The molecule has 4 N–H and O–H groups in total. The average Bonchev–Trinajstić information content (AvgIpc) is 2.30. The second kappa shape index (κ2) is 5.95. The minimum Gasteiger partial charge on any atom is -0.390 e. The highest BCUT2D eigenvalue weighted by atomic mass is 16.3. The van der Waals surface area contributed by atoms with Crippen molar-refractivity contribution < 1.29 is 9.90 Å². The van der Waals surface area contributed by atoms with Gasteiger partial charge in [0, 0.05) is 17.8 Å². The number of nitrogens with one attached hydrogen (secondary N) is 3. The monoisotopic (exact) mass is 236 g/mol.